The molecule has 0 saturated heterocycles. The number of hydrogen-bond acceptors (Lipinski definition) is 10. The van der Waals surface area contributed by atoms with Gasteiger partial charge in [0.2, 0.25) is 0 Å². The first-order chi connectivity index (χ1) is 17.9. The largest absolute Gasteiger partial charge is 1.00 e. The summed E-state index contributed by atoms with van der Waals surface area (Å²) in [5, 5.41) is -14.1. The van der Waals surface area contributed by atoms with Gasteiger partial charge in [0.1, 0.15) is 13.2 Å². The number of rotatable bonds is 17. The summed E-state index contributed by atoms with van der Waals surface area (Å²) < 4.78 is 305. The molecule has 0 saturated carbocycles. The average molecular weight is 730 g/mol. The molecule has 254 valence electrons. The van der Waals surface area contributed by atoms with Crippen molar-refractivity contribution in [2.45, 2.75) is 59.5 Å². The van der Waals surface area contributed by atoms with Gasteiger partial charge in [-0.2, -0.15) is 70.2 Å². The van der Waals surface area contributed by atoms with E-state index in [-0.39, 0.29) is 37.7 Å². The maximum absolute atomic E-state index is 13.5. The van der Waals surface area contributed by atoms with Crippen LogP contribution >= 0.6 is 0 Å². The molecule has 2 atom stereocenters. The third-order valence-corrected chi connectivity index (χ3v) is 5.50. The normalized spacial score (nSPS) is 16.5. The van der Waals surface area contributed by atoms with Crippen molar-refractivity contribution in [1.82, 2.24) is 0 Å². The Hall–Kier alpha value is -0.405. The molecule has 0 N–H and O–H groups in total. The average Bonchev–Trinajstić information content (AvgIpc) is 2.74. The van der Waals surface area contributed by atoms with Crippen LogP contribution in [0.3, 0.4) is 0 Å². The topological polar surface area (TPSA) is 151 Å². The van der Waals surface area contributed by atoms with Gasteiger partial charge in [0.05, 0.1) is 0 Å². The Labute approximate surface area is 254 Å². The van der Waals surface area contributed by atoms with Crippen molar-refractivity contribution in [1.29, 1.82) is 0 Å². The van der Waals surface area contributed by atoms with Gasteiger partial charge in [-0.1, -0.05) is 0 Å². The summed E-state index contributed by atoms with van der Waals surface area (Å²) in [5.41, 5.74) is 0. The number of halogens is 18. The standard InChI is InChI=1S/C12H8F18O10S2.2Li/c13-3(39-9(23,24)11(27,28)41(31,32)33)7(19,20)37-1-5(15,16)6(17,18)2-38-8(21,22)4(14)40-10(25,26)12(29,30)42(34,35)36;;/h3-4H,1-2H2,(H,31,32,33)(H,34,35,36);;/q;2*+1/p-2. The van der Waals surface area contributed by atoms with Gasteiger partial charge >= 0.3 is 84.5 Å². The van der Waals surface area contributed by atoms with E-state index in [1.54, 1.807) is 0 Å². The van der Waals surface area contributed by atoms with Crippen molar-refractivity contribution in [3.63, 3.8) is 0 Å². The van der Waals surface area contributed by atoms with Crippen LogP contribution in [0.4, 0.5) is 79.0 Å². The molecular weight excluding hydrogens is 724 g/mol. The van der Waals surface area contributed by atoms with Gasteiger partial charge in [-0.15, -0.1) is 0 Å². The molecule has 0 aromatic carbocycles. The van der Waals surface area contributed by atoms with Crippen LogP contribution in [0.2, 0.25) is 0 Å². The van der Waals surface area contributed by atoms with Crippen molar-refractivity contribution in [3.05, 3.63) is 0 Å². The van der Waals surface area contributed by atoms with Crippen molar-refractivity contribution < 1.29 is 162 Å². The van der Waals surface area contributed by atoms with Crippen molar-refractivity contribution in [2.24, 2.45) is 0 Å². The summed E-state index contributed by atoms with van der Waals surface area (Å²) in [6.45, 7) is -7.48. The molecular formula is C12H6F18Li2O10S2. The molecule has 0 heterocycles. The van der Waals surface area contributed by atoms with Gasteiger partial charge in [0.15, 0.2) is 20.2 Å². The quantitative estimate of drug-likeness (QED) is 0.0899. The minimum atomic E-state index is -7.51. The van der Waals surface area contributed by atoms with Gasteiger partial charge in [0.25, 0.3) is 12.7 Å². The minimum absolute atomic E-state index is 0. The molecule has 0 aliphatic heterocycles. The second-order valence-electron chi connectivity index (χ2n) is 6.95. The van der Waals surface area contributed by atoms with Crippen molar-refractivity contribution in [3.8, 4) is 0 Å². The second kappa shape index (κ2) is 14.4. The van der Waals surface area contributed by atoms with E-state index >= 15 is 0 Å². The van der Waals surface area contributed by atoms with Crippen LogP contribution in [-0.4, -0.2) is 98.7 Å². The molecule has 0 aromatic rings. The molecule has 0 fully saturated rings. The molecule has 10 nitrogen and oxygen atoms in total. The summed E-state index contributed by atoms with van der Waals surface area (Å²) in [6.07, 6.45) is -38.0. The van der Waals surface area contributed by atoms with E-state index in [4.69, 9.17) is 0 Å². The van der Waals surface area contributed by atoms with Crippen LogP contribution in [0.5, 0.6) is 0 Å². The van der Waals surface area contributed by atoms with Gasteiger partial charge in [-0.3, -0.25) is 9.47 Å². The van der Waals surface area contributed by atoms with E-state index in [9.17, 15) is 105 Å². The molecule has 0 bridgehead atoms. The Morgan fingerprint density at radius 1 is 0.500 bits per heavy atom. The molecule has 0 rings (SSSR count). The third-order valence-electron chi connectivity index (χ3n) is 3.76. The fraction of sp³-hybridized carbons (Fsp3) is 1.00. The van der Waals surface area contributed by atoms with Crippen LogP contribution < -0.4 is 37.7 Å². The zero-order valence-electron chi connectivity index (χ0n) is 20.3. The van der Waals surface area contributed by atoms with Crippen LogP contribution in [0.25, 0.3) is 0 Å². The minimum Gasteiger partial charge on any atom is -0.743 e. The van der Waals surface area contributed by atoms with E-state index in [1.165, 1.54) is 0 Å². The van der Waals surface area contributed by atoms with Gasteiger partial charge in [-0.05, 0) is 0 Å². The molecule has 32 heteroatoms. The predicted molar refractivity (Wildman–Crippen MR) is 82.8 cm³/mol. The summed E-state index contributed by atoms with van der Waals surface area (Å²) in [5.74, 6) is -12.9. The fourth-order valence-electron chi connectivity index (χ4n) is 1.54. The van der Waals surface area contributed by atoms with Crippen LogP contribution in [-0.2, 0) is 39.2 Å². The smallest absolute Gasteiger partial charge is 0.743 e. The van der Waals surface area contributed by atoms with E-state index in [2.05, 4.69) is 9.47 Å². The molecule has 0 aliphatic carbocycles. The number of alkyl halides is 18. The van der Waals surface area contributed by atoms with Crippen LogP contribution in [0.1, 0.15) is 0 Å². The molecule has 2 unspecified atom stereocenters. The Kier molecular flexibility index (Phi) is 15.7. The molecule has 0 amide bonds. The molecule has 0 aliphatic rings. The maximum atomic E-state index is 13.5. The van der Waals surface area contributed by atoms with E-state index < -0.39 is 93.0 Å². The molecule has 0 spiro atoms. The number of ether oxygens (including phenoxy) is 4. The Morgan fingerprint density at radius 3 is 0.886 bits per heavy atom. The predicted octanol–water partition coefficient (Wildman–Crippen LogP) is -2.43. The zero-order chi connectivity index (χ0) is 34.4. The zero-order valence-corrected chi connectivity index (χ0v) is 21.9. The van der Waals surface area contributed by atoms with Crippen LogP contribution in [0, 0.1) is 0 Å². The van der Waals surface area contributed by atoms with Gasteiger partial charge in [0, 0.05) is 0 Å². The van der Waals surface area contributed by atoms with E-state index in [0.29, 0.717) is 0 Å². The summed E-state index contributed by atoms with van der Waals surface area (Å²) in [4.78, 5) is 0. The summed E-state index contributed by atoms with van der Waals surface area (Å²) in [7, 11) is -15.0. The SMILES string of the molecule is O=S(=O)([O-])C(F)(F)C(F)(F)OC(F)C(F)(F)OCC(F)(F)C(F)(F)COC(F)(F)C(F)OC(F)(F)C(F)(F)S(=O)(=O)[O-].[Li+].[Li+]. The van der Waals surface area contributed by atoms with E-state index in [1.807, 2.05) is 9.47 Å². The van der Waals surface area contributed by atoms with Gasteiger partial charge < -0.3 is 18.6 Å². The van der Waals surface area contributed by atoms with Crippen molar-refractivity contribution in [2.75, 3.05) is 13.2 Å². The Bertz CT molecular complexity index is 1080. The first kappa shape index (κ1) is 48.0. The number of hydrogen-bond donors (Lipinski definition) is 0. The summed E-state index contributed by atoms with van der Waals surface area (Å²) >= 11 is 0. The monoisotopic (exact) mass is 730 g/mol. The Morgan fingerprint density at radius 2 is 0.705 bits per heavy atom. The molecule has 44 heavy (non-hydrogen) atoms. The first-order valence-corrected chi connectivity index (χ1v) is 11.6. The summed E-state index contributed by atoms with van der Waals surface area (Å²) in [6, 6.07) is 0. The maximum Gasteiger partial charge on any atom is 1.00 e. The molecule has 0 radical (unpaired) electrons. The first-order valence-electron chi connectivity index (χ1n) is 8.77. The molecule has 0 aromatic heterocycles. The van der Waals surface area contributed by atoms with Crippen LogP contribution in [0.15, 0.2) is 0 Å². The second-order valence-corrected chi connectivity index (χ2v) is 9.79. The Balaban J connectivity index is -0.00000840. The van der Waals surface area contributed by atoms with E-state index in [0.717, 1.165) is 0 Å². The van der Waals surface area contributed by atoms with Gasteiger partial charge in [-0.25, -0.2) is 25.6 Å². The third kappa shape index (κ3) is 10.6. The van der Waals surface area contributed by atoms with Crippen molar-refractivity contribution >= 4 is 20.2 Å². The fourth-order valence-corrected chi connectivity index (χ4v) is 2.22.